The van der Waals surface area contributed by atoms with Crippen LogP contribution in [0.3, 0.4) is 0 Å². The number of ether oxygens (including phenoxy) is 1. The number of hydrogen-bond acceptors (Lipinski definition) is 4. The second-order valence-electron chi connectivity index (χ2n) is 4.36. The minimum Gasteiger partial charge on any atom is -0.376 e. The fourth-order valence-corrected chi connectivity index (χ4v) is 1.88. The Bertz CT molecular complexity index is 324. The fraction of sp³-hybridized carbons (Fsp3) is 0.727. The Labute approximate surface area is 90.2 Å². The molecule has 1 aromatic rings. The summed E-state index contributed by atoms with van der Waals surface area (Å²) in [4.78, 5) is 2.37. The minimum atomic E-state index is 0.310. The predicted molar refractivity (Wildman–Crippen MR) is 56.5 cm³/mol. The van der Waals surface area contributed by atoms with Crippen molar-refractivity contribution < 1.29 is 9.26 Å². The van der Waals surface area contributed by atoms with Crippen molar-refractivity contribution in [3.63, 3.8) is 0 Å². The zero-order valence-electron chi connectivity index (χ0n) is 9.56. The second kappa shape index (κ2) is 4.33. The van der Waals surface area contributed by atoms with Crippen LogP contribution in [-0.4, -0.2) is 35.4 Å². The Balaban J connectivity index is 1.98. The molecule has 2 atom stereocenters. The number of rotatable bonds is 2. The first kappa shape index (κ1) is 10.6. The Kier molecular flexibility index (Phi) is 3.07. The summed E-state index contributed by atoms with van der Waals surface area (Å²) in [5.41, 5.74) is 0.943. The van der Waals surface area contributed by atoms with Crippen molar-refractivity contribution in [1.82, 2.24) is 10.1 Å². The molecule has 4 heteroatoms. The molecule has 2 rings (SSSR count). The van der Waals surface area contributed by atoms with Gasteiger partial charge in [-0.3, -0.25) is 4.90 Å². The highest BCUT2D eigenvalue weighted by Gasteiger charge is 2.24. The average molecular weight is 210 g/mol. The maximum atomic E-state index is 5.58. The van der Waals surface area contributed by atoms with Gasteiger partial charge in [0.25, 0.3) is 0 Å². The quantitative estimate of drug-likeness (QED) is 0.743. The lowest BCUT2D eigenvalue weighted by Gasteiger charge is -2.35. The van der Waals surface area contributed by atoms with Crippen molar-refractivity contribution in [2.75, 3.05) is 13.2 Å². The first-order valence-electron chi connectivity index (χ1n) is 5.43. The van der Waals surface area contributed by atoms with E-state index in [-0.39, 0.29) is 0 Å². The van der Waals surface area contributed by atoms with Gasteiger partial charge >= 0.3 is 0 Å². The van der Waals surface area contributed by atoms with E-state index in [1.165, 1.54) is 0 Å². The van der Waals surface area contributed by atoms with Crippen LogP contribution >= 0.6 is 0 Å². The number of aryl methyl sites for hydroxylation is 1. The Morgan fingerprint density at radius 2 is 2.33 bits per heavy atom. The van der Waals surface area contributed by atoms with E-state index in [1.807, 2.05) is 13.0 Å². The van der Waals surface area contributed by atoms with Gasteiger partial charge in [0.15, 0.2) is 5.76 Å². The molecule has 0 bridgehead atoms. The van der Waals surface area contributed by atoms with E-state index in [0.29, 0.717) is 12.1 Å². The summed E-state index contributed by atoms with van der Waals surface area (Å²) in [5, 5.41) is 3.89. The molecule has 1 aliphatic heterocycles. The highest BCUT2D eigenvalue weighted by molar-refractivity contribution is 5.03. The number of morpholine rings is 1. The summed E-state index contributed by atoms with van der Waals surface area (Å²) in [6.45, 7) is 8.81. The Hall–Kier alpha value is -0.870. The average Bonchev–Trinajstić information content (AvgIpc) is 2.58. The molecular formula is C11H18N2O2. The third-order valence-electron chi connectivity index (χ3n) is 2.77. The van der Waals surface area contributed by atoms with Gasteiger partial charge in [0.05, 0.1) is 24.9 Å². The highest BCUT2D eigenvalue weighted by Crippen LogP contribution is 2.15. The van der Waals surface area contributed by atoms with E-state index < -0.39 is 0 Å². The van der Waals surface area contributed by atoms with Crippen LogP contribution in [0.15, 0.2) is 10.6 Å². The van der Waals surface area contributed by atoms with Crippen molar-refractivity contribution >= 4 is 0 Å². The van der Waals surface area contributed by atoms with Crippen LogP contribution in [0.4, 0.5) is 0 Å². The van der Waals surface area contributed by atoms with Crippen molar-refractivity contribution in [2.24, 2.45) is 0 Å². The van der Waals surface area contributed by atoms with E-state index in [9.17, 15) is 0 Å². The van der Waals surface area contributed by atoms with Gasteiger partial charge in [-0.25, -0.2) is 0 Å². The zero-order chi connectivity index (χ0) is 10.8. The number of hydrogen-bond donors (Lipinski definition) is 0. The van der Waals surface area contributed by atoms with E-state index in [2.05, 4.69) is 23.9 Å². The SMILES string of the molecule is Cc1cc(CN2C[C@H](C)OC[C@@H]2C)on1. The molecule has 0 spiro atoms. The highest BCUT2D eigenvalue weighted by atomic mass is 16.5. The maximum absolute atomic E-state index is 5.58. The van der Waals surface area contributed by atoms with Crippen molar-refractivity contribution in [3.05, 3.63) is 17.5 Å². The van der Waals surface area contributed by atoms with E-state index in [1.54, 1.807) is 0 Å². The zero-order valence-corrected chi connectivity index (χ0v) is 9.56. The van der Waals surface area contributed by atoms with E-state index >= 15 is 0 Å². The molecule has 2 heterocycles. The van der Waals surface area contributed by atoms with Crippen LogP contribution in [0, 0.1) is 6.92 Å². The molecule has 84 valence electrons. The maximum Gasteiger partial charge on any atom is 0.150 e. The molecule has 15 heavy (non-hydrogen) atoms. The number of aromatic nitrogens is 1. The molecule has 4 nitrogen and oxygen atoms in total. The van der Waals surface area contributed by atoms with Gasteiger partial charge in [-0.05, 0) is 20.8 Å². The van der Waals surface area contributed by atoms with Gasteiger partial charge in [-0.2, -0.15) is 0 Å². The molecule has 0 amide bonds. The Morgan fingerprint density at radius 1 is 1.53 bits per heavy atom. The van der Waals surface area contributed by atoms with Gasteiger partial charge in [0.2, 0.25) is 0 Å². The Morgan fingerprint density at radius 3 is 3.00 bits per heavy atom. The topological polar surface area (TPSA) is 38.5 Å². The first-order valence-corrected chi connectivity index (χ1v) is 5.43. The standard InChI is InChI=1S/C11H18N2O2/c1-8-4-11(15-12-8)6-13-5-10(3)14-7-9(13)2/h4,9-10H,5-7H2,1-3H3/t9-,10-/m0/s1. The lowest BCUT2D eigenvalue weighted by atomic mass is 10.2. The molecule has 1 aromatic heterocycles. The van der Waals surface area contributed by atoms with Crippen LogP contribution < -0.4 is 0 Å². The minimum absolute atomic E-state index is 0.310. The molecule has 1 saturated heterocycles. The normalized spacial score (nSPS) is 28.2. The third kappa shape index (κ3) is 2.58. The van der Waals surface area contributed by atoms with Gasteiger partial charge in [-0.15, -0.1) is 0 Å². The largest absolute Gasteiger partial charge is 0.376 e. The molecular weight excluding hydrogens is 192 g/mol. The predicted octanol–water partition coefficient (Wildman–Crippen LogP) is 1.59. The molecule has 0 N–H and O–H groups in total. The van der Waals surface area contributed by atoms with Gasteiger partial charge in [0, 0.05) is 18.7 Å². The summed E-state index contributed by atoms with van der Waals surface area (Å²) >= 11 is 0. The summed E-state index contributed by atoms with van der Waals surface area (Å²) in [6.07, 6.45) is 0.310. The van der Waals surface area contributed by atoms with E-state index in [4.69, 9.17) is 9.26 Å². The van der Waals surface area contributed by atoms with Crippen molar-refractivity contribution in [2.45, 2.75) is 39.5 Å². The summed E-state index contributed by atoms with van der Waals surface area (Å²) in [6, 6.07) is 2.44. The van der Waals surface area contributed by atoms with Gasteiger partial charge < -0.3 is 9.26 Å². The molecule has 1 fully saturated rings. The van der Waals surface area contributed by atoms with Crippen molar-refractivity contribution in [3.8, 4) is 0 Å². The lowest BCUT2D eigenvalue weighted by Crippen LogP contribution is -2.46. The molecule has 0 radical (unpaired) electrons. The van der Waals surface area contributed by atoms with Crippen LogP contribution in [0.5, 0.6) is 0 Å². The molecule has 0 saturated carbocycles. The first-order chi connectivity index (χ1) is 7.15. The smallest absolute Gasteiger partial charge is 0.150 e. The summed E-state index contributed by atoms with van der Waals surface area (Å²) in [7, 11) is 0. The summed E-state index contributed by atoms with van der Waals surface area (Å²) in [5.74, 6) is 0.938. The van der Waals surface area contributed by atoms with Crippen LogP contribution in [-0.2, 0) is 11.3 Å². The van der Waals surface area contributed by atoms with Crippen molar-refractivity contribution in [1.29, 1.82) is 0 Å². The fourth-order valence-electron chi connectivity index (χ4n) is 1.88. The lowest BCUT2D eigenvalue weighted by molar-refractivity contribution is -0.0550. The third-order valence-corrected chi connectivity index (χ3v) is 2.77. The van der Waals surface area contributed by atoms with Crippen LogP contribution in [0.1, 0.15) is 25.3 Å². The van der Waals surface area contributed by atoms with E-state index in [0.717, 1.165) is 31.2 Å². The summed E-state index contributed by atoms with van der Waals surface area (Å²) < 4.78 is 10.8. The van der Waals surface area contributed by atoms with Gasteiger partial charge in [-0.1, -0.05) is 5.16 Å². The molecule has 0 aliphatic carbocycles. The second-order valence-corrected chi connectivity index (χ2v) is 4.36. The van der Waals surface area contributed by atoms with Crippen LogP contribution in [0.2, 0.25) is 0 Å². The molecule has 1 aliphatic rings. The molecule has 0 aromatic carbocycles. The number of nitrogens with zero attached hydrogens (tertiary/aromatic N) is 2. The monoisotopic (exact) mass is 210 g/mol. The molecule has 0 unspecified atom stereocenters. The van der Waals surface area contributed by atoms with Gasteiger partial charge in [0.1, 0.15) is 0 Å². The van der Waals surface area contributed by atoms with Crippen LogP contribution in [0.25, 0.3) is 0 Å².